The highest BCUT2D eigenvalue weighted by atomic mass is 35.5. The fourth-order valence-electron chi connectivity index (χ4n) is 1.08. The maximum absolute atomic E-state index is 13.3. The zero-order valence-electron chi connectivity index (χ0n) is 6.42. The Kier molecular flexibility index (Phi) is 2.19. The van der Waals surface area contributed by atoms with Crippen molar-refractivity contribution in [1.82, 2.24) is 4.98 Å². The summed E-state index contributed by atoms with van der Waals surface area (Å²) in [6.07, 6.45) is 1.50. The molecule has 0 amide bonds. The van der Waals surface area contributed by atoms with Crippen LogP contribution in [0.3, 0.4) is 0 Å². The molecule has 0 aromatic carbocycles. The summed E-state index contributed by atoms with van der Waals surface area (Å²) in [6.45, 7) is -0.0869. The van der Waals surface area contributed by atoms with Crippen LogP contribution in [0.4, 0.5) is 4.39 Å². The summed E-state index contributed by atoms with van der Waals surface area (Å²) in [4.78, 5) is 4.38. The van der Waals surface area contributed by atoms with Crippen LogP contribution >= 0.6 is 22.9 Å². The Morgan fingerprint density at radius 2 is 2.38 bits per heavy atom. The highest BCUT2D eigenvalue weighted by molar-refractivity contribution is 7.19. The maximum atomic E-state index is 13.3. The number of rotatable bonds is 1. The predicted molar refractivity (Wildman–Crippen MR) is 50.5 cm³/mol. The molecule has 2 heterocycles. The predicted octanol–water partition coefficient (Wildman–Crippen LogP) is 2.58. The first kappa shape index (κ1) is 8.87. The SMILES string of the molecule is OCc1cc2cnc(Cl)c(F)c2s1. The number of nitrogens with zero attached hydrogens (tertiary/aromatic N) is 1. The van der Waals surface area contributed by atoms with Crippen molar-refractivity contribution in [2.45, 2.75) is 6.61 Å². The fraction of sp³-hybridized carbons (Fsp3) is 0.125. The van der Waals surface area contributed by atoms with Crippen molar-refractivity contribution in [3.8, 4) is 0 Å². The second-order valence-electron chi connectivity index (χ2n) is 2.52. The van der Waals surface area contributed by atoms with E-state index in [9.17, 15) is 4.39 Å². The fourth-order valence-corrected chi connectivity index (χ4v) is 2.21. The molecule has 5 heteroatoms. The van der Waals surface area contributed by atoms with E-state index < -0.39 is 5.82 Å². The highest BCUT2D eigenvalue weighted by Gasteiger charge is 2.10. The molecule has 0 saturated heterocycles. The summed E-state index contributed by atoms with van der Waals surface area (Å²) in [7, 11) is 0. The van der Waals surface area contributed by atoms with Crippen LogP contribution in [0.5, 0.6) is 0 Å². The number of hydrogen-bond donors (Lipinski definition) is 1. The molecule has 0 fully saturated rings. The average molecular weight is 218 g/mol. The summed E-state index contributed by atoms with van der Waals surface area (Å²) < 4.78 is 13.7. The summed E-state index contributed by atoms with van der Waals surface area (Å²) in [6, 6.07) is 1.70. The molecule has 0 saturated carbocycles. The summed E-state index contributed by atoms with van der Waals surface area (Å²) in [5.74, 6) is -0.510. The number of thiophene rings is 1. The number of aliphatic hydroxyl groups is 1. The lowest BCUT2D eigenvalue weighted by molar-refractivity contribution is 0.285. The van der Waals surface area contributed by atoms with Crippen molar-refractivity contribution in [1.29, 1.82) is 0 Å². The zero-order valence-corrected chi connectivity index (χ0v) is 7.99. The number of aromatic nitrogens is 1. The van der Waals surface area contributed by atoms with Crippen molar-refractivity contribution in [3.05, 3.63) is 28.1 Å². The van der Waals surface area contributed by atoms with Crippen LogP contribution in [-0.2, 0) is 6.61 Å². The van der Waals surface area contributed by atoms with E-state index in [0.717, 1.165) is 0 Å². The van der Waals surface area contributed by atoms with Crippen LogP contribution in [0.1, 0.15) is 4.88 Å². The van der Waals surface area contributed by atoms with Gasteiger partial charge in [-0.25, -0.2) is 9.37 Å². The van der Waals surface area contributed by atoms with E-state index >= 15 is 0 Å². The van der Waals surface area contributed by atoms with Gasteiger partial charge in [0.1, 0.15) is 0 Å². The van der Waals surface area contributed by atoms with Gasteiger partial charge in [0.05, 0.1) is 11.3 Å². The largest absolute Gasteiger partial charge is 0.391 e. The second-order valence-corrected chi connectivity index (χ2v) is 4.01. The van der Waals surface area contributed by atoms with Crippen molar-refractivity contribution in [2.75, 3.05) is 0 Å². The van der Waals surface area contributed by atoms with E-state index in [0.29, 0.717) is 15.0 Å². The molecule has 2 aromatic rings. The summed E-state index contributed by atoms with van der Waals surface area (Å²) in [5, 5.41) is 9.38. The van der Waals surface area contributed by atoms with Gasteiger partial charge in [-0.15, -0.1) is 11.3 Å². The number of aliphatic hydroxyl groups excluding tert-OH is 1. The molecule has 13 heavy (non-hydrogen) atoms. The number of halogens is 2. The average Bonchev–Trinajstić information content (AvgIpc) is 2.55. The van der Waals surface area contributed by atoms with E-state index in [4.69, 9.17) is 16.7 Å². The lowest BCUT2D eigenvalue weighted by Gasteiger charge is -1.92. The zero-order chi connectivity index (χ0) is 9.42. The second kappa shape index (κ2) is 3.21. The molecule has 0 atom stereocenters. The van der Waals surface area contributed by atoms with Gasteiger partial charge in [0, 0.05) is 16.5 Å². The van der Waals surface area contributed by atoms with Gasteiger partial charge < -0.3 is 5.11 Å². The summed E-state index contributed by atoms with van der Waals surface area (Å²) >= 11 is 6.69. The van der Waals surface area contributed by atoms with Gasteiger partial charge in [-0.1, -0.05) is 11.6 Å². The number of hydrogen-bond acceptors (Lipinski definition) is 3. The topological polar surface area (TPSA) is 33.1 Å². The smallest absolute Gasteiger partial charge is 0.178 e. The van der Waals surface area contributed by atoms with E-state index in [1.54, 1.807) is 6.07 Å². The molecule has 0 radical (unpaired) electrons. The molecule has 0 bridgehead atoms. The van der Waals surface area contributed by atoms with Crippen LogP contribution in [0.15, 0.2) is 12.3 Å². The minimum absolute atomic E-state index is 0.0869. The number of pyridine rings is 1. The van der Waals surface area contributed by atoms with Gasteiger partial charge in [-0.2, -0.15) is 0 Å². The Morgan fingerprint density at radius 3 is 3.08 bits per heavy atom. The van der Waals surface area contributed by atoms with Gasteiger partial charge in [-0.05, 0) is 6.07 Å². The first-order chi connectivity index (χ1) is 6.22. The molecule has 1 N–H and O–H groups in total. The van der Waals surface area contributed by atoms with E-state index in [1.807, 2.05) is 0 Å². The quantitative estimate of drug-likeness (QED) is 0.745. The van der Waals surface area contributed by atoms with Crippen molar-refractivity contribution in [2.24, 2.45) is 0 Å². The Labute approximate surface area is 82.6 Å². The van der Waals surface area contributed by atoms with Gasteiger partial charge in [0.25, 0.3) is 0 Å². The van der Waals surface area contributed by atoms with Gasteiger partial charge in [-0.3, -0.25) is 0 Å². The molecule has 0 spiro atoms. The minimum Gasteiger partial charge on any atom is -0.391 e. The Balaban J connectivity index is 2.76. The van der Waals surface area contributed by atoms with Gasteiger partial charge >= 0.3 is 0 Å². The van der Waals surface area contributed by atoms with E-state index in [1.165, 1.54) is 17.5 Å². The van der Waals surface area contributed by atoms with Crippen LogP contribution in [0.2, 0.25) is 5.15 Å². The Morgan fingerprint density at radius 1 is 1.62 bits per heavy atom. The normalized spacial score (nSPS) is 11.0. The first-order valence-corrected chi connectivity index (χ1v) is 4.75. The molecule has 0 aliphatic rings. The maximum Gasteiger partial charge on any atom is 0.178 e. The highest BCUT2D eigenvalue weighted by Crippen LogP contribution is 2.30. The third-order valence-electron chi connectivity index (χ3n) is 1.67. The van der Waals surface area contributed by atoms with Gasteiger partial charge in [0.2, 0.25) is 0 Å². The van der Waals surface area contributed by atoms with E-state index in [-0.39, 0.29) is 11.8 Å². The molecule has 68 valence electrons. The Bertz CT molecular complexity index is 457. The van der Waals surface area contributed by atoms with Crippen molar-refractivity contribution >= 4 is 33.0 Å². The van der Waals surface area contributed by atoms with Crippen LogP contribution in [0, 0.1) is 5.82 Å². The van der Waals surface area contributed by atoms with Crippen molar-refractivity contribution < 1.29 is 9.50 Å². The monoisotopic (exact) mass is 217 g/mol. The van der Waals surface area contributed by atoms with Crippen LogP contribution in [-0.4, -0.2) is 10.1 Å². The van der Waals surface area contributed by atoms with Crippen LogP contribution in [0.25, 0.3) is 10.1 Å². The minimum atomic E-state index is -0.510. The third kappa shape index (κ3) is 1.41. The van der Waals surface area contributed by atoms with Crippen molar-refractivity contribution in [3.63, 3.8) is 0 Å². The Hall–Kier alpha value is -0.710. The molecule has 2 rings (SSSR count). The molecule has 0 aliphatic carbocycles. The molecule has 2 nitrogen and oxygen atoms in total. The molecule has 2 aromatic heterocycles. The molecule has 0 aliphatic heterocycles. The van der Waals surface area contributed by atoms with Gasteiger partial charge in [0.15, 0.2) is 11.0 Å². The standard InChI is InChI=1S/C8H5ClFNOS/c9-8-6(10)7-4(2-11-8)1-5(3-12)13-7/h1-2,12H,3H2. The summed E-state index contributed by atoms with van der Waals surface area (Å²) in [5.41, 5.74) is 0. The lowest BCUT2D eigenvalue weighted by atomic mass is 10.3. The third-order valence-corrected chi connectivity index (χ3v) is 3.06. The van der Waals surface area contributed by atoms with E-state index in [2.05, 4.69) is 4.98 Å². The lowest BCUT2D eigenvalue weighted by Crippen LogP contribution is -1.80. The first-order valence-electron chi connectivity index (χ1n) is 3.55. The molecule has 0 unspecified atom stereocenters. The van der Waals surface area contributed by atoms with Crippen LogP contribution < -0.4 is 0 Å². The molecular weight excluding hydrogens is 213 g/mol. The molecular formula is C8H5ClFNOS. The number of fused-ring (bicyclic) bond motifs is 1.